The Morgan fingerprint density at radius 3 is 1.07 bits per heavy atom. The predicted molar refractivity (Wildman–Crippen MR) is 431 cm³/mol. The number of allylic oxidation sites excluding steroid dienone is 1. The van der Waals surface area contributed by atoms with Gasteiger partial charge in [0.15, 0.2) is 37.7 Å². The molecule has 12 unspecified atom stereocenters. The highest BCUT2D eigenvalue weighted by atomic mass is 16.8. The zero-order valence-electron chi connectivity index (χ0n) is 71.2. The molecule has 6 saturated heterocycles. The summed E-state index contributed by atoms with van der Waals surface area (Å²) < 4.78 is 72.1. The molecule has 32 atom stereocenters. The number of nitrogens with one attached hydrogen (secondary N) is 3. The van der Waals surface area contributed by atoms with Gasteiger partial charge >= 0.3 is 0 Å². The molecule has 0 spiro atoms. The maximum Gasteiger partial charge on any atom is 0.220 e. The molecular weight excluding hydrogens is 1580 g/mol. The number of carbonyl (C=O) groups is 3. The van der Waals surface area contributed by atoms with E-state index < -0.39 is 254 Å². The topological polar surface area (TPSA) is 562 Å². The Morgan fingerprint density at radius 2 is 0.642 bits per heavy atom. The van der Waals surface area contributed by atoms with Crippen molar-refractivity contribution in [1.29, 1.82) is 0 Å². The molecule has 0 bridgehead atoms. The molecule has 0 aromatic carbocycles. The summed E-state index contributed by atoms with van der Waals surface area (Å²) in [4.78, 5) is 39.3. The van der Waals surface area contributed by atoms with Crippen LogP contribution in [0.3, 0.4) is 0 Å². The number of unbranched alkanes of at least 4 members (excludes halogenated alkanes) is 33. The van der Waals surface area contributed by atoms with Gasteiger partial charge in [-0.2, -0.15) is 0 Å². The Balaban J connectivity index is 1.09. The third kappa shape index (κ3) is 33.9. The summed E-state index contributed by atoms with van der Waals surface area (Å²) in [5.41, 5.74) is 0. The molecule has 0 aromatic rings. The molecule has 702 valence electrons. The van der Waals surface area contributed by atoms with Crippen molar-refractivity contribution in [2.24, 2.45) is 0 Å². The third-order valence-corrected chi connectivity index (χ3v) is 23.7. The van der Waals surface area contributed by atoms with Crippen LogP contribution in [0, 0.1) is 0 Å². The first-order chi connectivity index (χ1) is 57.8. The van der Waals surface area contributed by atoms with Crippen molar-refractivity contribution in [3.8, 4) is 0 Å². The van der Waals surface area contributed by atoms with E-state index in [4.69, 9.17) is 56.8 Å². The summed E-state index contributed by atoms with van der Waals surface area (Å²) in [5.74, 6) is -2.05. The zero-order chi connectivity index (χ0) is 87.6. The summed E-state index contributed by atoms with van der Waals surface area (Å²) in [7, 11) is 0. The van der Waals surface area contributed by atoms with Gasteiger partial charge in [0.25, 0.3) is 0 Å². The first-order valence-electron chi connectivity index (χ1n) is 45.0. The predicted octanol–water partition coefficient (Wildman–Crippen LogP) is 0.697. The van der Waals surface area contributed by atoms with E-state index >= 15 is 0 Å². The van der Waals surface area contributed by atoms with Gasteiger partial charge in [-0.3, -0.25) is 14.4 Å². The Morgan fingerprint density at radius 1 is 0.325 bits per heavy atom. The van der Waals surface area contributed by atoms with Crippen LogP contribution in [0.15, 0.2) is 12.2 Å². The minimum Gasteiger partial charge on any atom is -0.394 e. The van der Waals surface area contributed by atoms with Gasteiger partial charge < -0.3 is 165 Å². The lowest BCUT2D eigenvalue weighted by Gasteiger charge is -2.52. The summed E-state index contributed by atoms with van der Waals surface area (Å²) >= 11 is 0. The fourth-order valence-electron chi connectivity index (χ4n) is 16.5. The van der Waals surface area contributed by atoms with E-state index in [9.17, 15) is 106 Å². The molecule has 0 radical (unpaired) electrons. The smallest absolute Gasteiger partial charge is 0.220 e. The first-order valence-corrected chi connectivity index (χ1v) is 45.0. The molecule has 6 aliphatic heterocycles. The van der Waals surface area contributed by atoms with Crippen molar-refractivity contribution in [3.63, 3.8) is 0 Å². The SMILES string of the molecule is CCCCCCCCCCCCC/C=C/[C@@H](O)[C@H](CO[C@@H]1OC(CO)[C@@H](O[C@@H]2OC(CO)[C@H](O[C@@H]3OC(CO)[C@H](O[C@@H]4OC(CO)[C@H](O)[C@H](O[C@@H]5OC(CO)[C@H](O)[C@H](O)C5O)C4NC(C)=O)[C@H](O[C@@H]4OC(CO)[C@H](O)[C@H](O)C4NC(C)=O)C3O)[C@H](O)C2O)[C@H](O)C1O)NC(=O)CCCCCCCCCCCCCCCCCCCCCCCCC. The molecule has 3 amide bonds. The van der Waals surface area contributed by atoms with Gasteiger partial charge in [-0.05, 0) is 19.3 Å². The molecule has 21 N–H and O–H groups in total. The number of carbonyl (C=O) groups excluding carboxylic acids is 3. The quantitative estimate of drug-likeness (QED) is 0.0294. The lowest BCUT2D eigenvalue weighted by atomic mass is 9.93. The second-order valence-electron chi connectivity index (χ2n) is 33.5. The molecule has 0 saturated carbocycles. The van der Waals surface area contributed by atoms with E-state index in [0.29, 0.717) is 12.8 Å². The highest BCUT2D eigenvalue weighted by Crippen LogP contribution is 2.39. The third-order valence-electron chi connectivity index (χ3n) is 23.7. The second-order valence-corrected chi connectivity index (χ2v) is 33.5. The van der Waals surface area contributed by atoms with E-state index in [0.717, 1.165) is 65.2 Å². The van der Waals surface area contributed by atoms with E-state index in [1.807, 2.05) is 6.08 Å². The Hall–Kier alpha value is -3.05. The number of hydrogen-bond acceptors (Lipinski definition) is 33. The number of hydrogen-bond donors (Lipinski definition) is 21. The Bertz CT molecular complexity index is 2740. The van der Waals surface area contributed by atoms with Crippen molar-refractivity contribution in [2.75, 3.05) is 46.2 Å². The molecule has 36 heteroatoms. The van der Waals surface area contributed by atoms with Crippen molar-refractivity contribution in [2.45, 2.75) is 455 Å². The molecule has 0 aromatic heterocycles. The number of aliphatic hydroxyl groups excluding tert-OH is 18. The van der Waals surface area contributed by atoms with E-state index in [1.165, 1.54) is 161 Å². The normalized spacial score (nSPS) is 35.5. The lowest BCUT2D eigenvalue weighted by molar-refractivity contribution is -0.399. The van der Waals surface area contributed by atoms with Crippen molar-refractivity contribution < 1.29 is 163 Å². The van der Waals surface area contributed by atoms with Gasteiger partial charge in [-0.15, -0.1) is 0 Å². The molecular formula is C84H153N3O33. The van der Waals surface area contributed by atoms with Crippen LogP contribution in [-0.4, -0.2) is 352 Å². The lowest BCUT2D eigenvalue weighted by Crippen LogP contribution is -2.71. The van der Waals surface area contributed by atoms with E-state index in [1.54, 1.807) is 6.08 Å². The van der Waals surface area contributed by atoms with E-state index in [-0.39, 0.29) is 12.3 Å². The van der Waals surface area contributed by atoms with Gasteiger partial charge in [0.2, 0.25) is 17.7 Å². The maximum atomic E-state index is 13.6. The minimum atomic E-state index is -2.37. The minimum absolute atomic E-state index is 0.172. The van der Waals surface area contributed by atoms with Crippen LogP contribution in [0.1, 0.15) is 259 Å². The average molecular weight is 1730 g/mol. The second kappa shape index (κ2) is 58.4. The highest BCUT2D eigenvalue weighted by Gasteiger charge is 2.59. The molecule has 36 nitrogen and oxygen atoms in total. The van der Waals surface area contributed by atoms with Gasteiger partial charge in [0.05, 0.1) is 58.4 Å². The molecule has 6 aliphatic rings. The average Bonchev–Trinajstić information content (AvgIpc) is 0.766. The summed E-state index contributed by atoms with van der Waals surface area (Å²) in [6.45, 7) is -0.100. The van der Waals surface area contributed by atoms with Crippen molar-refractivity contribution in [1.82, 2.24) is 16.0 Å². The van der Waals surface area contributed by atoms with Crippen LogP contribution < -0.4 is 16.0 Å². The summed E-state index contributed by atoms with van der Waals surface area (Å²) in [6.07, 6.45) is -10.7. The van der Waals surface area contributed by atoms with Gasteiger partial charge in [0, 0.05) is 20.3 Å². The maximum absolute atomic E-state index is 13.6. The summed E-state index contributed by atoms with van der Waals surface area (Å²) in [5, 5.41) is 209. The molecule has 6 fully saturated rings. The van der Waals surface area contributed by atoms with Gasteiger partial charge in [0.1, 0.15) is 146 Å². The zero-order valence-corrected chi connectivity index (χ0v) is 71.2. The molecule has 120 heavy (non-hydrogen) atoms. The van der Waals surface area contributed by atoms with Crippen LogP contribution in [0.5, 0.6) is 0 Å². The van der Waals surface area contributed by atoms with Gasteiger partial charge in [-0.25, -0.2) is 0 Å². The Labute approximate surface area is 707 Å². The molecule has 0 aliphatic carbocycles. The first kappa shape index (κ1) is 106. The number of aliphatic hydroxyl groups is 18. The Kier molecular flexibility index (Phi) is 51.5. The number of rotatable bonds is 60. The van der Waals surface area contributed by atoms with E-state index in [2.05, 4.69) is 29.8 Å². The fraction of sp³-hybridized carbons (Fsp3) is 0.940. The van der Waals surface area contributed by atoms with Gasteiger partial charge in [-0.1, -0.05) is 231 Å². The van der Waals surface area contributed by atoms with Crippen LogP contribution in [0.2, 0.25) is 0 Å². The molecule has 6 heterocycles. The molecule has 6 rings (SSSR count). The standard InChI is InChI=1S/C84H153N3O33/c1-5-7-9-11-13-15-17-19-20-21-22-23-24-25-26-27-28-30-32-34-36-38-40-42-60(97)87-52(53(96)41-39-37-35-33-31-29-18-16-14-12-10-8-6-2)49-109-81-71(106)68(103)74(57(46-91)113-81)116-83-72(107)69(104)75(58(47-92)114-83)117-84-73(108)78(120-79-61(85-50(3)94)66(101)63(98)54(43-88)110-79)76(59(48-93)115-84)118-80-62(86-51(4)95)77(65(100)56(45-90)111-80)119-82-70(105)67(102)64(99)55(44-89)112-82/h39,41,52-59,61-84,88-93,96,98-108H,5-38,40,42-49H2,1-4H3,(H,85,94)(H,86,95)(H,87,97)/b41-39+/t52-,53+,54?,55?,56?,57?,58?,59?,61?,62?,63-,64-,65-,66+,67-,68+,69+,70?,71?,72?,73?,74+,75-,76-,77+,78+,79-,80-,81+,82-,83-,84-/m0/s1. The largest absolute Gasteiger partial charge is 0.394 e. The number of amides is 3. The van der Waals surface area contributed by atoms with Crippen molar-refractivity contribution >= 4 is 17.7 Å². The van der Waals surface area contributed by atoms with Crippen LogP contribution >= 0.6 is 0 Å². The monoisotopic (exact) mass is 1730 g/mol. The van der Waals surface area contributed by atoms with Crippen molar-refractivity contribution in [3.05, 3.63) is 12.2 Å². The van der Waals surface area contributed by atoms with Crippen LogP contribution in [-0.2, 0) is 71.2 Å². The summed E-state index contributed by atoms with van der Waals surface area (Å²) in [6, 6.07) is -4.66. The van der Waals surface area contributed by atoms with Crippen LogP contribution in [0.25, 0.3) is 0 Å². The fourth-order valence-corrected chi connectivity index (χ4v) is 16.5. The highest BCUT2D eigenvalue weighted by molar-refractivity contribution is 5.76. The number of ether oxygens (including phenoxy) is 12. The van der Waals surface area contributed by atoms with Crippen LogP contribution in [0.4, 0.5) is 0 Å².